The standard InChI is InChI=1S/C8H10.2H2N3/c1-7-5-3-4-6-8(7)2;2*1-3-2/h3-6H,1-2H3;2*1-2H/q;2*+1. The first kappa shape index (κ1) is 14.4. The largest absolute Gasteiger partial charge is 0.211 e. The second kappa shape index (κ2) is 10.8. The Hall–Kier alpha value is -2.16. The highest BCUT2D eigenvalue weighted by atomic mass is 15.0. The maximum Gasteiger partial charge on any atom is 0.211 e. The molecule has 6 heteroatoms. The van der Waals surface area contributed by atoms with Gasteiger partial charge in [0.05, 0.1) is 0 Å². The quantitative estimate of drug-likeness (QED) is 0.358. The molecule has 0 aliphatic carbocycles. The van der Waals surface area contributed by atoms with Gasteiger partial charge in [-0.1, -0.05) is 24.3 Å². The number of rotatable bonds is 0. The number of hydrogen-bond donors (Lipinski definition) is 4. The summed E-state index contributed by atoms with van der Waals surface area (Å²) < 4.78 is 0. The zero-order valence-corrected chi connectivity index (χ0v) is 8.20. The van der Waals surface area contributed by atoms with Gasteiger partial charge in [-0.3, -0.25) is 0 Å². The number of nitrogens with zero attached hydrogens (tertiary/aromatic N) is 2. The molecule has 1 aromatic carbocycles. The average Bonchev–Trinajstić information content (AvgIpc) is 2.13. The van der Waals surface area contributed by atoms with E-state index in [1.54, 1.807) is 0 Å². The SMILES string of the molecule is Cc1ccccc1C.N=[N+]=N.N=[N+]=N. The molecule has 0 aliphatic rings. The lowest BCUT2D eigenvalue weighted by atomic mass is 10.1. The predicted octanol–water partition coefficient (Wildman–Crippen LogP) is 2.53. The van der Waals surface area contributed by atoms with Crippen LogP contribution in [-0.4, -0.2) is 0 Å². The Balaban J connectivity index is 0. The van der Waals surface area contributed by atoms with Crippen molar-refractivity contribution in [3.8, 4) is 0 Å². The lowest BCUT2D eigenvalue weighted by Gasteiger charge is -1.93. The molecule has 0 aromatic heterocycles. The van der Waals surface area contributed by atoms with Crippen molar-refractivity contribution >= 4 is 0 Å². The zero-order valence-electron chi connectivity index (χ0n) is 8.20. The molecule has 74 valence electrons. The van der Waals surface area contributed by atoms with Crippen LogP contribution in [0.4, 0.5) is 0 Å². The van der Waals surface area contributed by atoms with Crippen LogP contribution in [0.5, 0.6) is 0 Å². The molecule has 0 heterocycles. The fraction of sp³-hybridized carbons (Fsp3) is 0.250. The Morgan fingerprint density at radius 1 is 0.786 bits per heavy atom. The van der Waals surface area contributed by atoms with Crippen molar-refractivity contribution in [3.63, 3.8) is 0 Å². The van der Waals surface area contributed by atoms with Crippen molar-refractivity contribution < 1.29 is 0 Å². The Labute approximate surface area is 82.0 Å². The van der Waals surface area contributed by atoms with Crippen LogP contribution in [0.15, 0.2) is 24.3 Å². The summed E-state index contributed by atoms with van der Waals surface area (Å²) in [6.07, 6.45) is 0. The number of benzene rings is 1. The van der Waals surface area contributed by atoms with Gasteiger partial charge in [-0.25, -0.2) is 0 Å². The molecule has 14 heavy (non-hydrogen) atoms. The molecule has 6 nitrogen and oxygen atoms in total. The maximum atomic E-state index is 5.50. The Morgan fingerprint density at radius 3 is 1.14 bits per heavy atom. The summed E-state index contributed by atoms with van der Waals surface area (Å²) in [7, 11) is 0. The second-order valence-corrected chi connectivity index (χ2v) is 2.31. The Morgan fingerprint density at radius 2 is 1.00 bits per heavy atom. The van der Waals surface area contributed by atoms with Gasteiger partial charge in [-0.2, -0.15) is 0 Å². The molecule has 0 fully saturated rings. The first-order chi connectivity index (χ1) is 6.63. The third-order valence-electron chi connectivity index (χ3n) is 1.43. The zero-order chi connectivity index (χ0) is 11.4. The third-order valence-corrected chi connectivity index (χ3v) is 1.43. The van der Waals surface area contributed by atoms with Crippen molar-refractivity contribution in [3.05, 3.63) is 35.4 Å². The van der Waals surface area contributed by atoms with Crippen LogP contribution in [0.2, 0.25) is 0 Å². The van der Waals surface area contributed by atoms with Crippen molar-refractivity contribution in [1.29, 1.82) is 22.1 Å². The van der Waals surface area contributed by atoms with Crippen LogP contribution >= 0.6 is 0 Å². The van der Waals surface area contributed by atoms with Gasteiger partial charge in [0, 0.05) is 0 Å². The number of nitrogens with one attached hydrogen (secondary N) is 4. The van der Waals surface area contributed by atoms with E-state index in [9.17, 15) is 0 Å². The lowest BCUT2D eigenvalue weighted by molar-refractivity contribution is 0.928. The van der Waals surface area contributed by atoms with Crippen LogP contribution in [0.3, 0.4) is 0 Å². The molecule has 0 saturated carbocycles. The van der Waals surface area contributed by atoms with Crippen LogP contribution in [-0.2, 0) is 0 Å². The van der Waals surface area contributed by atoms with E-state index in [1.165, 1.54) is 11.1 Å². The molecule has 0 radical (unpaired) electrons. The van der Waals surface area contributed by atoms with Gasteiger partial charge in [-0.15, -0.1) is 0 Å². The van der Waals surface area contributed by atoms with Crippen LogP contribution < -0.4 is 9.82 Å². The molecule has 1 rings (SSSR count). The van der Waals surface area contributed by atoms with Crippen molar-refractivity contribution in [1.82, 2.24) is 9.82 Å². The molecule has 1 aromatic rings. The normalized spacial score (nSPS) is 6.43. The molecule has 0 unspecified atom stereocenters. The van der Waals surface area contributed by atoms with Gasteiger partial charge < -0.3 is 0 Å². The van der Waals surface area contributed by atoms with Crippen LogP contribution in [0.1, 0.15) is 11.1 Å². The fourth-order valence-electron chi connectivity index (χ4n) is 0.663. The van der Waals surface area contributed by atoms with Gasteiger partial charge in [0.2, 0.25) is 9.82 Å². The summed E-state index contributed by atoms with van der Waals surface area (Å²) in [6, 6.07) is 8.36. The molecule has 0 amide bonds. The van der Waals surface area contributed by atoms with E-state index in [4.69, 9.17) is 22.1 Å². The highest BCUT2D eigenvalue weighted by Gasteiger charge is 1.83. The van der Waals surface area contributed by atoms with Crippen LogP contribution in [0, 0.1) is 36.0 Å². The highest BCUT2D eigenvalue weighted by Crippen LogP contribution is 2.02. The van der Waals surface area contributed by atoms with Crippen molar-refractivity contribution in [2.45, 2.75) is 13.8 Å². The monoisotopic (exact) mass is 194 g/mol. The minimum Gasteiger partial charge on any atom is -0.0620 e. The summed E-state index contributed by atoms with van der Waals surface area (Å²) in [5.41, 5.74) is 24.7. The van der Waals surface area contributed by atoms with E-state index in [0.717, 1.165) is 0 Å². The topological polar surface area (TPSA) is 124 Å². The average molecular weight is 194 g/mol. The molecule has 0 atom stereocenters. The molecule has 0 spiro atoms. The highest BCUT2D eigenvalue weighted by molar-refractivity contribution is 5.23. The van der Waals surface area contributed by atoms with E-state index in [-0.39, 0.29) is 0 Å². The maximum absolute atomic E-state index is 5.50. The smallest absolute Gasteiger partial charge is 0.0620 e. The van der Waals surface area contributed by atoms with Gasteiger partial charge in [-0.05, 0) is 25.0 Å². The molecular formula is C8H14N6+2. The van der Waals surface area contributed by atoms with Crippen molar-refractivity contribution in [2.24, 2.45) is 0 Å². The number of hydrogen-bond acceptors (Lipinski definition) is 4. The molecule has 0 bridgehead atoms. The van der Waals surface area contributed by atoms with E-state index < -0.39 is 0 Å². The van der Waals surface area contributed by atoms with Gasteiger partial charge in [0.15, 0.2) is 0 Å². The fourth-order valence-corrected chi connectivity index (χ4v) is 0.663. The minimum atomic E-state index is 1.37. The van der Waals surface area contributed by atoms with Gasteiger partial charge in [0.25, 0.3) is 0 Å². The Kier molecular flexibility index (Phi) is 11.1. The van der Waals surface area contributed by atoms with E-state index >= 15 is 0 Å². The number of aryl methyl sites for hydroxylation is 2. The summed E-state index contributed by atoms with van der Waals surface area (Å²) in [4.78, 5) is 4.00. The Bertz CT molecular complexity index is 287. The summed E-state index contributed by atoms with van der Waals surface area (Å²) >= 11 is 0. The second-order valence-electron chi connectivity index (χ2n) is 2.31. The summed E-state index contributed by atoms with van der Waals surface area (Å²) in [5.74, 6) is 0. The van der Waals surface area contributed by atoms with Crippen LogP contribution in [0.25, 0.3) is 0 Å². The van der Waals surface area contributed by atoms with Crippen molar-refractivity contribution in [2.75, 3.05) is 0 Å². The minimum absolute atomic E-state index is 1.37. The lowest BCUT2D eigenvalue weighted by Crippen LogP contribution is -1.74. The molecule has 4 N–H and O–H groups in total. The molecule has 0 aliphatic heterocycles. The predicted molar refractivity (Wildman–Crippen MR) is 51.1 cm³/mol. The summed E-state index contributed by atoms with van der Waals surface area (Å²) in [5, 5.41) is 0. The van der Waals surface area contributed by atoms with E-state index in [1.807, 2.05) is 9.82 Å². The molecular weight excluding hydrogens is 180 g/mol. The third kappa shape index (κ3) is 9.84. The first-order valence-electron chi connectivity index (χ1n) is 3.72. The van der Waals surface area contributed by atoms with Gasteiger partial charge >= 0.3 is 0 Å². The van der Waals surface area contributed by atoms with E-state index in [2.05, 4.69) is 38.1 Å². The first-order valence-corrected chi connectivity index (χ1v) is 3.72. The van der Waals surface area contributed by atoms with Gasteiger partial charge in [0.1, 0.15) is 22.1 Å². The van der Waals surface area contributed by atoms with E-state index in [0.29, 0.717) is 0 Å². The molecule has 0 saturated heterocycles. The summed E-state index contributed by atoms with van der Waals surface area (Å²) in [6.45, 7) is 4.24.